The summed E-state index contributed by atoms with van der Waals surface area (Å²) < 4.78 is 26.2. The van der Waals surface area contributed by atoms with Crippen molar-refractivity contribution < 1.29 is 18.3 Å². The van der Waals surface area contributed by atoms with Crippen LogP contribution in [0.4, 0.5) is 5.69 Å². The molecule has 0 bridgehead atoms. The molecule has 0 spiro atoms. The molecule has 0 atom stereocenters. The fraction of sp³-hybridized carbons (Fsp3) is 0.214. The molecule has 112 valence electrons. The monoisotopic (exact) mass is 308 g/mol. The molecule has 0 saturated heterocycles. The molecule has 1 amide bonds. The Morgan fingerprint density at radius 3 is 2.48 bits per heavy atom. The number of aliphatic hydroxyl groups is 1. The Bertz CT molecular complexity index is 772. The highest BCUT2D eigenvalue weighted by Crippen LogP contribution is 2.22. The van der Waals surface area contributed by atoms with Gasteiger partial charge in [0.25, 0.3) is 0 Å². The number of rotatable bonds is 5. The lowest BCUT2D eigenvalue weighted by atomic mass is 10.1. The molecular formula is C14H16N2O4S. The average molecular weight is 308 g/mol. The summed E-state index contributed by atoms with van der Waals surface area (Å²) in [7, 11) is -3.62. The summed E-state index contributed by atoms with van der Waals surface area (Å²) in [4.78, 5) is 11.2. The van der Waals surface area contributed by atoms with Crippen LogP contribution >= 0.6 is 0 Å². The molecule has 0 fully saturated rings. The van der Waals surface area contributed by atoms with E-state index in [1.54, 1.807) is 30.3 Å². The molecule has 2 rings (SSSR count). The van der Waals surface area contributed by atoms with Crippen LogP contribution in [0.3, 0.4) is 0 Å². The van der Waals surface area contributed by atoms with Crippen molar-refractivity contribution >= 4 is 32.4 Å². The van der Waals surface area contributed by atoms with Crippen LogP contribution in [0.5, 0.6) is 0 Å². The Hall–Kier alpha value is -1.96. The maximum absolute atomic E-state index is 12.0. The van der Waals surface area contributed by atoms with Gasteiger partial charge in [0.05, 0.1) is 11.5 Å². The van der Waals surface area contributed by atoms with Gasteiger partial charge in [0.2, 0.25) is 15.9 Å². The smallest absolute Gasteiger partial charge is 0.240 e. The molecule has 3 N–H and O–H groups in total. The van der Waals surface area contributed by atoms with Crippen LogP contribution in [-0.2, 0) is 14.8 Å². The van der Waals surface area contributed by atoms with E-state index in [2.05, 4.69) is 10.0 Å². The molecule has 0 unspecified atom stereocenters. The van der Waals surface area contributed by atoms with Gasteiger partial charge in [-0.1, -0.05) is 12.1 Å². The van der Waals surface area contributed by atoms with Crippen molar-refractivity contribution in [2.75, 3.05) is 18.5 Å². The number of benzene rings is 2. The quantitative estimate of drug-likeness (QED) is 0.770. The predicted molar refractivity (Wildman–Crippen MR) is 80.5 cm³/mol. The second kappa shape index (κ2) is 6.21. The Morgan fingerprint density at radius 1 is 1.14 bits per heavy atom. The lowest BCUT2D eigenvalue weighted by molar-refractivity contribution is -0.114. The maximum Gasteiger partial charge on any atom is 0.240 e. The number of nitrogens with one attached hydrogen (secondary N) is 2. The van der Waals surface area contributed by atoms with Gasteiger partial charge in [-0.15, -0.1) is 0 Å². The molecule has 0 aliphatic carbocycles. The highest BCUT2D eigenvalue weighted by molar-refractivity contribution is 7.89. The minimum atomic E-state index is -3.62. The van der Waals surface area contributed by atoms with Gasteiger partial charge >= 0.3 is 0 Å². The molecule has 2 aromatic rings. The van der Waals surface area contributed by atoms with Gasteiger partial charge in [0, 0.05) is 19.2 Å². The van der Waals surface area contributed by atoms with E-state index >= 15 is 0 Å². The standard InChI is InChI=1S/C14H16N2O4S/c1-10(18)16-13-4-2-12-9-14(5-3-11(12)8-13)21(19,20)15-6-7-17/h2-5,8-9,15,17H,6-7H2,1H3,(H,16,18). The van der Waals surface area contributed by atoms with Crippen molar-refractivity contribution in [1.82, 2.24) is 4.72 Å². The normalized spacial score (nSPS) is 11.5. The molecule has 2 aromatic carbocycles. The van der Waals surface area contributed by atoms with Gasteiger partial charge in [0.15, 0.2) is 0 Å². The Labute approximate surface area is 122 Å². The molecule has 0 heterocycles. The van der Waals surface area contributed by atoms with Crippen molar-refractivity contribution in [1.29, 1.82) is 0 Å². The van der Waals surface area contributed by atoms with E-state index in [-0.39, 0.29) is 24.0 Å². The number of carbonyl (C=O) groups is 1. The first-order valence-electron chi connectivity index (χ1n) is 6.34. The zero-order valence-electron chi connectivity index (χ0n) is 11.5. The molecular weight excluding hydrogens is 292 g/mol. The maximum atomic E-state index is 12.0. The zero-order valence-corrected chi connectivity index (χ0v) is 12.3. The summed E-state index contributed by atoms with van der Waals surface area (Å²) in [5, 5.41) is 12.9. The number of fused-ring (bicyclic) bond motifs is 1. The number of sulfonamides is 1. The number of carbonyl (C=O) groups excluding carboxylic acids is 1. The van der Waals surface area contributed by atoms with Crippen LogP contribution in [0.15, 0.2) is 41.3 Å². The third-order valence-electron chi connectivity index (χ3n) is 2.85. The number of hydrogen-bond donors (Lipinski definition) is 3. The summed E-state index contributed by atoms with van der Waals surface area (Å²) in [6, 6.07) is 9.93. The fourth-order valence-electron chi connectivity index (χ4n) is 1.94. The predicted octanol–water partition coefficient (Wildman–Crippen LogP) is 1.07. The Balaban J connectivity index is 2.37. The number of hydrogen-bond acceptors (Lipinski definition) is 4. The van der Waals surface area contributed by atoms with Crippen LogP contribution in [0.2, 0.25) is 0 Å². The summed E-state index contributed by atoms with van der Waals surface area (Å²) in [6.45, 7) is 1.14. The SMILES string of the molecule is CC(=O)Nc1ccc2cc(S(=O)(=O)NCCO)ccc2c1. The summed E-state index contributed by atoms with van der Waals surface area (Å²) in [5.41, 5.74) is 0.656. The number of amides is 1. The van der Waals surface area contributed by atoms with Crippen molar-refractivity contribution in [3.8, 4) is 0 Å². The average Bonchev–Trinajstić information content (AvgIpc) is 2.44. The van der Waals surface area contributed by atoms with Crippen molar-refractivity contribution in [3.63, 3.8) is 0 Å². The van der Waals surface area contributed by atoms with Gasteiger partial charge in [-0.3, -0.25) is 4.79 Å². The molecule has 0 aliphatic heterocycles. The van der Waals surface area contributed by atoms with Gasteiger partial charge in [0.1, 0.15) is 0 Å². The highest BCUT2D eigenvalue weighted by Gasteiger charge is 2.13. The number of aliphatic hydroxyl groups excluding tert-OH is 1. The van der Waals surface area contributed by atoms with Crippen molar-refractivity contribution in [2.45, 2.75) is 11.8 Å². The lowest BCUT2D eigenvalue weighted by Crippen LogP contribution is -2.26. The van der Waals surface area contributed by atoms with E-state index in [0.29, 0.717) is 5.69 Å². The molecule has 0 aromatic heterocycles. The molecule has 0 radical (unpaired) electrons. The topological polar surface area (TPSA) is 95.5 Å². The first-order chi connectivity index (χ1) is 9.92. The van der Waals surface area contributed by atoms with Gasteiger partial charge in [-0.05, 0) is 35.0 Å². The minimum Gasteiger partial charge on any atom is -0.395 e. The Morgan fingerprint density at radius 2 is 1.81 bits per heavy atom. The van der Waals surface area contributed by atoms with E-state index in [4.69, 9.17) is 5.11 Å². The fourth-order valence-corrected chi connectivity index (χ4v) is 2.99. The third-order valence-corrected chi connectivity index (χ3v) is 4.30. The van der Waals surface area contributed by atoms with Crippen molar-refractivity contribution in [3.05, 3.63) is 36.4 Å². The van der Waals surface area contributed by atoms with Crippen LogP contribution in [0.1, 0.15) is 6.92 Å². The second-order valence-corrected chi connectivity index (χ2v) is 6.29. The van der Waals surface area contributed by atoms with Crippen LogP contribution in [-0.4, -0.2) is 32.6 Å². The van der Waals surface area contributed by atoms with E-state index < -0.39 is 10.0 Å². The van der Waals surface area contributed by atoms with Gasteiger partial charge < -0.3 is 10.4 Å². The first kappa shape index (κ1) is 15.4. The summed E-state index contributed by atoms with van der Waals surface area (Å²) in [5.74, 6) is -0.165. The highest BCUT2D eigenvalue weighted by atomic mass is 32.2. The summed E-state index contributed by atoms with van der Waals surface area (Å²) >= 11 is 0. The first-order valence-corrected chi connectivity index (χ1v) is 7.82. The Kier molecular flexibility index (Phi) is 4.56. The molecule has 6 nitrogen and oxygen atoms in total. The zero-order chi connectivity index (χ0) is 15.5. The van der Waals surface area contributed by atoms with E-state index in [1.807, 2.05) is 0 Å². The van der Waals surface area contributed by atoms with Crippen molar-refractivity contribution in [2.24, 2.45) is 0 Å². The third kappa shape index (κ3) is 3.78. The molecule has 7 heteroatoms. The van der Waals surface area contributed by atoms with Crippen LogP contribution in [0.25, 0.3) is 10.8 Å². The van der Waals surface area contributed by atoms with Gasteiger partial charge in [-0.25, -0.2) is 13.1 Å². The van der Waals surface area contributed by atoms with E-state index in [1.165, 1.54) is 13.0 Å². The minimum absolute atomic E-state index is 0.0260. The van der Waals surface area contributed by atoms with E-state index in [9.17, 15) is 13.2 Å². The summed E-state index contributed by atoms with van der Waals surface area (Å²) in [6.07, 6.45) is 0. The number of anilines is 1. The van der Waals surface area contributed by atoms with Crippen LogP contribution < -0.4 is 10.0 Å². The molecule has 0 saturated carbocycles. The molecule has 21 heavy (non-hydrogen) atoms. The van der Waals surface area contributed by atoms with Gasteiger partial charge in [-0.2, -0.15) is 0 Å². The second-order valence-electron chi connectivity index (χ2n) is 4.53. The lowest BCUT2D eigenvalue weighted by Gasteiger charge is -2.08. The molecule has 0 aliphatic rings. The van der Waals surface area contributed by atoms with Crippen LogP contribution in [0, 0.1) is 0 Å². The largest absolute Gasteiger partial charge is 0.395 e. The van der Waals surface area contributed by atoms with E-state index in [0.717, 1.165) is 10.8 Å².